The zero-order chi connectivity index (χ0) is 27.3. The van der Waals surface area contributed by atoms with Crippen molar-refractivity contribution in [1.29, 1.82) is 0 Å². The van der Waals surface area contributed by atoms with E-state index >= 15 is 0 Å². The highest BCUT2D eigenvalue weighted by atomic mass is 16.5. The zero-order valence-corrected chi connectivity index (χ0v) is 23.6. The van der Waals surface area contributed by atoms with Crippen LogP contribution in [0.1, 0.15) is 50.7 Å². The first-order chi connectivity index (χ1) is 18.3. The van der Waals surface area contributed by atoms with Gasteiger partial charge in [-0.3, -0.25) is 14.5 Å². The average molecular weight is 523 g/mol. The SMILES string of the molecule is CC(C)C[C@H](C(=O)N[C@@H](Cc1ccc(OCc2ccccc2)cc1)C(=O)NCCN1CCCCC1)N(C)C. The molecular formula is C31H46N4O3. The van der Waals surface area contributed by atoms with Gasteiger partial charge < -0.3 is 20.3 Å². The van der Waals surface area contributed by atoms with Crippen LogP contribution in [0.3, 0.4) is 0 Å². The predicted octanol–water partition coefficient (Wildman–Crippen LogP) is 3.87. The second kappa shape index (κ2) is 15.5. The number of hydrogen-bond acceptors (Lipinski definition) is 5. The van der Waals surface area contributed by atoms with Crippen molar-refractivity contribution < 1.29 is 14.3 Å². The minimum atomic E-state index is -0.644. The van der Waals surface area contributed by atoms with Crippen LogP contribution in [0.25, 0.3) is 0 Å². The summed E-state index contributed by atoms with van der Waals surface area (Å²) in [6.07, 6.45) is 4.88. The van der Waals surface area contributed by atoms with Crippen LogP contribution < -0.4 is 15.4 Å². The number of carbonyl (C=O) groups is 2. The summed E-state index contributed by atoms with van der Waals surface area (Å²) >= 11 is 0. The molecule has 0 spiro atoms. The van der Waals surface area contributed by atoms with E-state index in [1.165, 1.54) is 19.3 Å². The lowest BCUT2D eigenvalue weighted by molar-refractivity contribution is -0.131. The number of piperidine rings is 1. The van der Waals surface area contributed by atoms with E-state index in [0.717, 1.165) is 42.9 Å². The number of hydrogen-bond donors (Lipinski definition) is 2. The number of ether oxygens (including phenoxy) is 1. The summed E-state index contributed by atoms with van der Waals surface area (Å²) in [4.78, 5) is 30.9. The quantitative estimate of drug-likeness (QED) is 0.394. The number of amides is 2. The number of nitrogens with one attached hydrogen (secondary N) is 2. The van der Waals surface area contributed by atoms with Gasteiger partial charge in [-0.1, -0.05) is 62.7 Å². The maximum absolute atomic E-state index is 13.3. The fraction of sp³-hybridized carbons (Fsp3) is 0.548. The summed E-state index contributed by atoms with van der Waals surface area (Å²) in [5.74, 6) is 0.895. The Kier molecular flexibility index (Phi) is 12.1. The lowest BCUT2D eigenvalue weighted by Crippen LogP contribution is -2.54. The Hall–Kier alpha value is -2.90. The molecule has 38 heavy (non-hydrogen) atoms. The minimum Gasteiger partial charge on any atom is -0.489 e. The molecular weight excluding hydrogens is 476 g/mol. The highest BCUT2D eigenvalue weighted by molar-refractivity contribution is 5.90. The molecule has 2 amide bonds. The van der Waals surface area contributed by atoms with Gasteiger partial charge in [0.15, 0.2) is 0 Å². The Labute approximate surface area is 228 Å². The van der Waals surface area contributed by atoms with E-state index in [0.29, 0.717) is 25.5 Å². The summed E-state index contributed by atoms with van der Waals surface area (Å²) < 4.78 is 5.91. The molecule has 2 aromatic rings. The van der Waals surface area contributed by atoms with Gasteiger partial charge in [0, 0.05) is 19.5 Å². The monoisotopic (exact) mass is 522 g/mol. The Morgan fingerprint density at radius 1 is 0.921 bits per heavy atom. The summed E-state index contributed by atoms with van der Waals surface area (Å²) in [7, 11) is 3.82. The lowest BCUT2D eigenvalue weighted by atomic mass is 10.0. The van der Waals surface area contributed by atoms with Crippen molar-refractivity contribution in [3.63, 3.8) is 0 Å². The molecule has 0 aromatic heterocycles. The minimum absolute atomic E-state index is 0.109. The van der Waals surface area contributed by atoms with Crippen molar-refractivity contribution in [2.75, 3.05) is 40.3 Å². The zero-order valence-electron chi connectivity index (χ0n) is 23.6. The molecule has 2 aromatic carbocycles. The van der Waals surface area contributed by atoms with Crippen LogP contribution >= 0.6 is 0 Å². The fourth-order valence-electron chi connectivity index (χ4n) is 4.82. The van der Waals surface area contributed by atoms with Gasteiger partial charge in [-0.2, -0.15) is 0 Å². The number of nitrogens with zero attached hydrogens (tertiary/aromatic N) is 2. The van der Waals surface area contributed by atoms with E-state index in [1.54, 1.807) is 0 Å². The third-order valence-corrected chi connectivity index (χ3v) is 7.04. The van der Waals surface area contributed by atoms with Crippen molar-refractivity contribution >= 4 is 11.8 Å². The molecule has 1 aliphatic heterocycles. The van der Waals surface area contributed by atoms with Crippen molar-refractivity contribution in [2.24, 2.45) is 5.92 Å². The number of carbonyl (C=O) groups excluding carboxylic acids is 2. The first-order valence-electron chi connectivity index (χ1n) is 14.0. The Bertz CT molecular complexity index is 972. The molecule has 1 aliphatic rings. The molecule has 0 radical (unpaired) electrons. The molecule has 1 saturated heterocycles. The Morgan fingerprint density at radius 2 is 1.61 bits per heavy atom. The molecule has 3 rings (SSSR count). The van der Waals surface area contributed by atoms with Gasteiger partial charge in [0.2, 0.25) is 11.8 Å². The van der Waals surface area contributed by atoms with E-state index in [9.17, 15) is 9.59 Å². The maximum atomic E-state index is 13.3. The highest BCUT2D eigenvalue weighted by Crippen LogP contribution is 2.16. The molecule has 1 heterocycles. The van der Waals surface area contributed by atoms with E-state index < -0.39 is 6.04 Å². The van der Waals surface area contributed by atoms with Crippen LogP contribution in [-0.4, -0.2) is 74.0 Å². The molecule has 0 unspecified atom stereocenters. The molecule has 0 saturated carbocycles. The van der Waals surface area contributed by atoms with Crippen LogP contribution in [0.15, 0.2) is 54.6 Å². The number of likely N-dealkylation sites (N-methyl/N-ethyl adjacent to an activating group) is 1. The summed E-state index contributed by atoms with van der Waals surface area (Å²) in [5.41, 5.74) is 2.08. The third-order valence-electron chi connectivity index (χ3n) is 7.04. The van der Waals surface area contributed by atoms with Crippen molar-refractivity contribution in [3.05, 3.63) is 65.7 Å². The molecule has 2 N–H and O–H groups in total. The molecule has 0 aliphatic carbocycles. The van der Waals surface area contributed by atoms with Crippen LogP contribution in [0.4, 0.5) is 0 Å². The first kappa shape index (κ1) is 29.7. The molecule has 2 atom stereocenters. The molecule has 0 bridgehead atoms. The van der Waals surface area contributed by atoms with Gasteiger partial charge in [0.05, 0.1) is 6.04 Å². The summed E-state index contributed by atoms with van der Waals surface area (Å²) in [6, 6.07) is 16.9. The Balaban J connectivity index is 1.63. The highest BCUT2D eigenvalue weighted by Gasteiger charge is 2.27. The van der Waals surface area contributed by atoms with Gasteiger partial charge in [-0.05, 0) is 75.6 Å². The summed E-state index contributed by atoms with van der Waals surface area (Å²) in [5, 5.41) is 6.15. The van der Waals surface area contributed by atoms with Crippen molar-refractivity contribution in [2.45, 2.75) is 64.6 Å². The topological polar surface area (TPSA) is 73.9 Å². The van der Waals surface area contributed by atoms with Crippen LogP contribution in [0.2, 0.25) is 0 Å². The smallest absolute Gasteiger partial charge is 0.242 e. The summed E-state index contributed by atoms with van der Waals surface area (Å²) in [6.45, 7) is 8.32. The van der Waals surface area contributed by atoms with Gasteiger partial charge in [-0.15, -0.1) is 0 Å². The molecule has 7 heteroatoms. The van der Waals surface area contributed by atoms with Gasteiger partial charge in [-0.25, -0.2) is 0 Å². The molecule has 1 fully saturated rings. The molecule has 208 valence electrons. The maximum Gasteiger partial charge on any atom is 0.242 e. The largest absolute Gasteiger partial charge is 0.489 e. The van der Waals surface area contributed by atoms with Crippen molar-refractivity contribution in [1.82, 2.24) is 20.4 Å². The van der Waals surface area contributed by atoms with E-state index in [-0.39, 0.29) is 17.9 Å². The third kappa shape index (κ3) is 10.1. The standard InChI is InChI=1S/C31H46N4O3/c1-24(2)21-29(34(3)4)31(37)33-28(30(36)32-17-20-35-18-9-6-10-19-35)22-25-13-15-27(16-14-25)38-23-26-11-7-5-8-12-26/h5,7-8,11-16,24,28-29H,6,9-10,17-23H2,1-4H3,(H,32,36)(H,33,37)/t28-,29+/m0/s1. The second-order valence-electron chi connectivity index (χ2n) is 11.0. The average Bonchev–Trinajstić information content (AvgIpc) is 2.91. The Morgan fingerprint density at radius 3 is 2.24 bits per heavy atom. The van der Waals surface area contributed by atoms with Crippen LogP contribution in [-0.2, 0) is 22.6 Å². The van der Waals surface area contributed by atoms with E-state index in [1.807, 2.05) is 73.6 Å². The van der Waals surface area contributed by atoms with E-state index in [2.05, 4.69) is 29.4 Å². The first-order valence-corrected chi connectivity index (χ1v) is 14.0. The van der Waals surface area contributed by atoms with E-state index in [4.69, 9.17) is 4.74 Å². The van der Waals surface area contributed by atoms with Crippen LogP contribution in [0, 0.1) is 5.92 Å². The number of benzene rings is 2. The number of rotatable bonds is 14. The predicted molar refractivity (Wildman–Crippen MR) is 153 cm³/mol. The van der Waals surface area contributed by atoms with Crippen LogP contribution in [0.5, 0.6) is 5.75 Å². The molecule has 7 nitrogen and oxygen atoms in total. The van der Waals surface area contributed by atoms with Gasteiger partial charge in [0.25, 0.3) is 0 Å². The fourth-order valence-corrected chi connectivity index (χ4v) is 4.82. The van der Waals surface area contributed by atoms with Gasteiger partial charge in [0.1, 0.15) is 18.4 Å². The normalized spacial score (nSPS) is 15.7. The second-order valence-corrected chi connectivity index (χ2v) is 11.0. The lowest BCUT2D eigenvalue weighted by Gasteiger charge is -2.28. The van der Waals surface area contributed by atoms with Gasteiger partial charge >= 0.3 is 0 Å². The number of likely N-dealkylation sites (tertiary alicyclic amines) is 1. The van der Waals surface area contributed by atoms with Crippen molar-refractivity contribution in [3.8, 4) is 5.75 Å².